The number of benzene rings is 2. The highest BCUT2D eigenvalue weighted by Crippen LogP contribution is 2.29. The number of halogens is 1. The second-order valence-electron chi connectivity index (χ2n) is 5.91. The summed E-state index contributed by atoms with van der Waals surface area (Å²) in [6.07, 6.45) is 0.765. The highest BCUT2D eigenvalue weighted by molar-refractivity contribution is 5.79. The van der Waals surface area contributed by atoms with Crippen molar-refractivity contribution in [3.8, 4) is 11.5 Å². The van der Waals surface area contributed by atoms with Gasteiger partial charge in [0.05, 0.1) is 13.7 Å². The minimum atomic E-state index is -0.216. The van der Waals surface area contributed by atoms with Crippen LogP contribution < -0.4 is 15.4 Å². The molecule has 0 aromatic heterocycles. The van der Waals surface area contributed by atoms with Gasteiger partial charge in [0, 0.05) is 18.7 Å². The zero-order valence-electron chi connectivity index (χ0n) is 15.5. The van der Waals surface area contributed by atoms with Crippen molar-refractivity contribution < 1.29 is 14.2 Å². The number of guanidine groups is 1. The number of hydrogen-bond donors (Lipinski definition) is 3. The molecule has 2 rings (SSSR count). The van der Waals surface area contributed by atoms with Crippen molar-refractivity contribution in [3.63, 3.8) is 0 Å². The number of aliphatic imine (C=N–C) groups is 1. The normalized spacial score (nSPS) is 11.3. The van der Waals surface area contributed by atoms with E-state index in [4.69, 9.17) is 4.74 Å². The number of ether oxygens (including phenoxy) is 1. The number of aromatic hydroxyl groups is 1. The number of methoxy groups -OCH3 is 1. The number of aryl methyl sites for hydroxylation is 1. The van der Waals surface area contributed by atoms with Crippen LogP contribution in [0.5, 0.6) is 11.5 Å². The van der Waals surface area contributed by atoms with E-state index in [9.17, 15) is 9.50 Å². The Morgan fingerprint density at radius 2 is 2.00 bits per heavy atom. The van der Waals surface area contributed by atoms with Crippen molar-refractivity contribution in [1.29, 1.82) is 0 Å². The molecule has 6 heteroatoms. The number of phenols is 1. The smallest absolute Gasteiger partial charge is 0.191 e. The fourth-order valence-electron chi connectivity index (χ4n) is 2.62. The Morgan fingerprint density at radius 3 is 2.69 bits per heavy atom. The molecule has 0 fully saturated rings. The zero-order chi connectivity index (χ0) is 18.9. The van der Waals surface area contributed by atoms with Gasteiger partial charge in [-0.1, -0.05) is 18.2 Å². The van der Waals surface area contributed by atoms with E-state index in [0.717, 1.165) is 24.1 Å². The number of hydrogen-bond acceptors (Lipinski definition) is 3. The molecule has 0 spiro atoms. The number of rotatable bonds is 7. The maximum absolute atomic E-state index is 13.2. The van der Waals surface area contributed by atoms with Crippen LogP contribution in [0.4, 0.5) is 4.39 Å². The summed E-state index contributed by atoms with van der Waals surface area (Å²) in [5, 5.41) is 16.6. The van der Waals surface area contributed by atoms with Gasteiger partial charge in [-0.3, -0.25) is 0 Å². The molecule has 0 saturated heterocycles. The molecule has 0 bridgehead atoms. The van der Waals surface area contributed by atoms with E-state index in [2.05, 4.69) is 15.6 Å². The van der Waals surface area contributed by atoms with Crippen molar-refractivity contribution in [1.82, 2.24) is 10.6 Å². The molecule has 0 aliphatic heterocycles. The molecule has 0 aliphatic carbocycles. The van der Waals surface area contributed by atoms with Gasteiger partial charge in [-0.15, -0.1) is 0 Å². The van der Waals surface area contributed by atoms with Crippen LogP contribution in [0.3, 0.4) is 0 Å². The van der Waals surface area contributed by atoms with Crippen LogP contribution in [0.25, 0.3) is 0 Å². The topological polar surface area (TPSA) is 65.9 Å². The maximum Gasteiger partial charge on any atom is 0.191 e. The monoisotopic (exact) mass is 359 g/mol. The molecule has 3 N–H and O–H groups in total. The quantitative estimate of drug-likeness (QED) is 0.525. The Balaban J connectivity index is 1.98. The first-order chi connectivity index (χ1) is 12.5. The minimum absolute atomic E-state index is 0.108. The third-order valence-electron chi connectivity index (χ3n) is 4.05. The lowest BCUT2D eigenvalue weighted by atomic mass is 10.1. The van der Waals surface area contributed by atoms with Gasteiger partial charge in [-0.25, -0.2) is 9.38 Å². The molecule has 2 aromatic carbocycles. The van der Waals surface area contributed by atoms with Crippen molar-refractivity contribution in [2.45, 2.75) is 26.8 Å². The summed E-state index contributed by atoms with van der Waals surface area (Å²) in [7, 11) is 1.52. The second kappa shape index (κ2) is 9.65. The lowest BCUT2D eigenvalue weighted by molar-refractivity contribution is 0.370. The van der Waals surface area contributed by atoms with Gasteiger partial charge in [-0.2, -0.15) is 0 Å². The summed E-state index contributed by atoms with van der Waals surface area (Å²) >= 11 is 0. The van der Waals surface area contributed by atoms with E-state index in [0.29, 0.717) is 30.4 Å². The summed E-state index contributed by atoms with van der Waals surface area (Å²) in [6, 6.07) is 10.2. The molecule has 2 aromatic rings. The van der Waals surface area contributed by atoms with Gasteiger partial charge in [0.1, 0.15) is 5.82 Å². The van der Waals surface area contributed by atoms with Gasteiger partial charge < -0.3 is 20.5 Å². The highest BCUT2D eigenvalue weighted by atomic mass is 19.1. The van der Waals surface area contributed by atoms with Gasteiger partial charge in [-0.05, 0) is 49.6 Å². The molecule has 0 unspecified atom stereocenters. The lowest BCUT2D eigenvalue weighted by Crippen LogP contribution is -2.38. The van der Waals surface area contributed by atoms with E-state index in [1.165, 1.54) is 13.2 Å². The first-order valence-electron chi connectivity index (χ1n) is 8.67. The highest BCUT2D eigenvalue weighted by Gasteiger charge is 2.07. The molecular formula is C20H26FN3O2. The van der Waals surface area contributed by atoms with Gasteiger partial charge >= 0.3 is 0 Å². The van der Waals surface area contributed by atoms with Crippen molar-refractivity contribution in [2.75, 3.05) is 20.2 Å². The van der Waals surface area contributed by atoms with Crippen LogP contribution in [-0.2, 0) is 13.0 Å². The first-order valence-corrected chi connectivity index (χ1v) is 8.67. The maximum atomic E-state index is 13.2. The molecule has 0 aliphatic rings. The average molecular weight is 359 g/mol. The summed E-state index contributed by atoms with van der Waals surface area (Å²) in [5.74, 6) is 0.987. The largest absolute Gasteiger partial charge is 0.504 e. The number of para-hydroxylation sites is 1. The van der Waals surface area contributed by atoms with Crippen LogP contribution in [0, 0.1) is 12.7 Å². The Hall–Kier alpha value is -2.76. The van der Waals surface area contributed by atoms with Crippen molar-refractivity contribution in [3.05, 3.63) is 58.9 Å². The lowest BCUT2D eigenvalue weighted by Gasteiger charge is -2.13. The van der Waals surface area contributed by atoms with E-state index in [-0.39, 0.29) is 11.6 Å². The van der Waals surface area contributed by atoms with Crippen LogP contribution in [0.2, 0.25) is 0 Å². The summed E-state index contributed by atoms with van der Waals surface area (Å²) < 4.78 is 18.3. The van der Waals surface area contributed by atoms with Crippen molar-refractivity contribution >= 4 is 5.96 Å². The third kappa shape index (κ3) is 5.37. The molecular weight excluding hydrogens is 333 g/mol. The Bertz CT molecular complexity index is 763. The Morgan fingerprint density at radius 1 is 1.19 bits per heavy atom. The Labute approximate surface area is 153 Å². The molecule has 140 valence electrons. The Kier molecular flexibility index (Phi) is 7.26. The molecule has 0 heterocycles. The molecule has 0 radical (unpaired) electrons. The molecule has 0 saturated carbocycles. The molecule has 26 heavy (non-hydrogen) atoms. The van der Waals surface area contributed by atoms with Gasteiger partial charge in [0.15, 0.2) is 17.5 Å². The summed E-state index contributed by atoms with van der Waals surface area (Å²) in [4.78, 5) is 4.51. The van der Waals surface area contributed by atoms with E-state index in [1.54, 1.807) is 12.1 Å². The van der Waals surface area contributed by atoms with Crippen LogP contribution in [0.1, 0.15) is 23.6 Å². The molecule has 0 atom stereocenters. The summed E-state index contributed by atoms with van der Waals surface area (Å²) in [5.41, 5.74) is 2.73. The van der Waals surface area contributed by atoms with Crippen LogP contribution >= 0.6 is 0 Å². The standard InChI is InChI=1S/C20H26FN3O2/c1-4-22-20(23-11-10-15-8-9-17(21)12-14(15)2)24-13-16-6-5-7-18(26-3)19(16)25/h5-9,12,25H,4,10-11,13H2,1-3H3,(H2,22,23,24). The fraction of sp³-hybridized carbons (Fsp3) is 0.350. The fourth-order valence-corrected chi connectivity index (χ4v) is 2.62. The van der Waals surface area contributed by atoms with E-state index < -0.39 is 0 Å². The first kappa shape index (κ1) is 19.6. The van der Waals surface area contributed by atoms with E-state index in [1.807, 2.05) is 32.0 Å². The predicted molar refractivity (Wildman–Crippen MR) is 102 cm³/mol. The third-order valence-corrected chi connectivity index (χ3v) is 4.05. The number of phenolic OH excluding ortho intramolecular Hbond substituents is 1. The van der Waals surface area contributed by atoms with Crippen LogP contribution in [0.15, 0.2) is 41.4 Å². The van der Waals surface area contributed by atoms with Crippen LogP contribution in [-0.4, -0.2) is 31.3 Å². The number of nitrogens with one attached hydrogen (secondary N) is 2. The SMILES string of the molecule is CCNC(=NCc1cccc(OC)c1O)NCCc1ccc(F)cc1C. The predicted octanol–water partition coefficient (Wildman–Crippen LogP) is 3.15. The van der Waals surface area contributed by atoms with Gasteiger partial charge in [0.2, 0.25) is 0 Å². The summed E-state index contributed by atoms with van der Waals surface area (Å²) in [6.45, 7) is 5.62. The molecule has 5 nitrogen and oxygen atoms in total. The van der Waals surface area contributed by atoms with Gasteiger partial charge in [0.25, 0.3) is 0 Å². The molecule has 0 amide bonds. The zero-order valence-corrected chi connectivity index (χ0v) is 15.5. The minimum Gasteiger partial charge on any atom is -0.504 e. The van der Waals surface area contributed by atoms with E-state index >= 15 is 0 Å². The van der Waals surface area contributed by atoms with Crippen molar-refractivity contribution in [2.24, 2.45) is 4.99 Å². The second-order valence-corrected chi connectivity index (χ2v) is 5.91. The number of nitrogens with zero attached hydrogens (tertiary/aromatic N) is 1. The average Bonchev–Trinajstić information content (AvgIpc) is 2.62.